The Bertz CT molecular complexity index is 573. The number of anilines is 2. The average Bonchev–Trinajstić information content (AvgIpc) is 2.71. The molecule has 1 amide bonds. The van der Waals surface area contributed by atoms with Crippen LogP contribution in [-0.4, -0.2) is 17.1 Å². The number of nitrogens with one attached hydrogen (secondary N) is 1. The van der Waals surface area contributed by atoms with Gasteiger partial charge in [-0.3, -0.25) is 4.79 Å². The first-order chi connectivity index (χ1) is 9.10. The van der Waals surface area contributed by atoms with E-state index < -0.39 is 0 Å². The molecule has 0 saturated heterocycles. The Morgan fingerprint density at radius 3 is 2.58 bits per heavy atom. The van der Waals surface area contributed by atoms with E-state index in [1.165, 1.54) is 0 Å². The Morgan fingerprint density at radius 2 is 2.05 bits per heavy atom. The number of hydrogen-bond donors (Lipinski definition) is 2. The van der Waals surface area contributed by atoms with Gasteiger partial charge in [-0.1, -0.05) is 0 Å². The van der Waals surface area contributed by atoms with E-state index in [2.05, 4.69) is 5.32 Å². The molecule has 1 aromatic carbocycles. The smallest absolute Gasteiger partial charge is 0.272 e. The number of nitrogens with two attached hydrogens (primary N) is 1. The monoisotopic (exact) mass is 259 g/mol. The lowest BCUT2D eigenvalue weighted by atomic mass is 10.3. The number of carbonyl (C=O) groups is 1. The van der Waals surface area contributed by atoms with Gasteiger partial charge in [0.15, 0.2) is 0 Å². The highest BCUT2D eigenvalue weighted by Crippen LogP contribution is 2.17. The van der Waals surface area contributed by atoms with Crippen LogP contribution in [0.2, 0.25) is 0 Å². The molecule has 1 heterocycles. The van der Waals surface area contributed by atoms with Gasteiger partial charge in [0.2, 0.25) is 0 Å². The fourth-order valence-electron chi connectivity index (χ4n) is 1.81. The van der Waals surface area contributed by atoms with Crippen LogP contribution in [0, 0.1) is 0 Å². The molecule has 0 fully saturated rings. The maximum atomic E-state index is 12.0. The van der Waals surface area contributed by atoms with E-state index in [0.717, 1.165) is 5.75 Å². The highest BCUT2D eigenvalue weighted by Gasteiger charge is 2.10. The third-order valence-electron chi connectivity index (χ3n) is 2.68. The number of amides is 1. The summed E-state index contributed by atoms with van der Waals surface area (Å²) in [7, 11) is 1.78. The van der Waals surface area contributed by atoms with Gasteiger partial charge in [-0.05, 0) is 37.3 Å². The van der Waals surface area contributed by atoms with Gasteiger partial charge in [0.05, 0.1) is 12.3 Å². The molecule has 0 saturated carbocycles. The maximum absolute atomic E-state index is 12.0. The Kier molecular flexibility index (Phi) is 3.75. The summed E-state index contributed by atoms with van der Waals surface area (Å²) < 4.78 is 7.03. The summed E-state index contributed by atoms with van der Waals surface area (Å²) in [5, 5.41) is 2.81. The average molecular weight is 259 g/mol. The summed E-state index contributed by atoms with van der Waals surface area (Å²) in [6, 6.07) is 8.88. The molecule has 0 radical (unpaired) electrons. The van der Waals surface area contributed by atoms with Crippen molar-refractivity contribution in [3.63, 3.8) is 0 Å². The fourth-order valence-corrected chi connectivity index (χ4v) is 1.81. The number of aromatic nitrogens is 1. The third kappa shape index (κ3) is 3.07. The van der Waals surface area contributed by atoms with Crippen molar-refractivity contribution in [3.8, 4) is 5.75 Å². The zero-order valence-electron chi connectivity index (χ0n) is 11.0. The normalized spacial score (nSPS) is 10.2. The van der Waals surface area contributed by atoms with Crippen LogP contribution in [-0.2, 0) is 7.05 Å². The van der Waals surface area contributed by atoms with E-state index in [4.69, 9.17) is 10.5 Å². The number of nitrogens with zero attached hydrogens (tertiary/aromatic N) is 1. The number of nitrogen functional groups attached to an aromatic ring is 1. The molecule has 19 heavy (non-hydrogen) atoms. The molecular weight excluding hydrogens is 242 g/mol. The predicted molar refractivity (Wildman–Crippen MR) is 75.4 cm³/mol. The van der Waals surface area contributed by atoms with Gasteiger partial charge in [0.1, 0.15) is 11.4 Å². The number of aryl methyl sites for hydroxylation is 1. The first-order valence-corrected chi connectivity index (χ1v) is 6.06. The number of ether oxygens (including phenoxy) is 1. The van der Waals surface area contributed by atoms with E-state index in [0.29, 0.717) is 23.7 Å². The van der Waals surface area contributed by atoms with Crippen molar-refractivity contribution < 1.29 is 9.53 Å². The summed E-state index contributed by atoms with van der Waals surface area (Å²) in [4.78, 5) is 12.0. The number of carbonyl (C=O) groups excluding carboxylic acids is 1. The largest absolute Gasteiger partial charge is 0.494 e. The van der Waals surface area contributed by atoms with Gasteiger partial charge in [0.25, 0.3) is 5.91 Å². The Morgan fingerprint density at radius 1 is 1.37 bits per heavy atom. The van der Waals surface area contributed by atoms with Crippen LogP contribution in [0.15, 0.2) is 36.5 Å². The molecule has 2 rings (SSSR count). The van der Waals surface area contributed by atoms with Gasteiger partial charge >= 0.3 is 0 Å². The van der Waals surface area contributed by atoms with Gasteiger partial charge < -0.3 is 20.4 Å². The first kappa shape index (κ1) is 13.0. The highest BCUT2D eigenvalue weighted by molar-refractivity contribution is 6.03. The quantitative estimate of drug-likeness (QED) is 0.884. The minimum atomic E-state index is -0.191. The lowest BCUT2D eigenvalue weighted by molar-refractivity contribution is 0.101. The molecule has 0 atom stereocenters. The molecule has 3 N–H and O–H groups in total. The van der Waals surface area contributed by atoms with Gasteiger partial charge in [-0.25, -0.2) is 0 Å². The van der Waals surface area contributed by atoms with Crippen molar-refractivity contribution in [1.82, 2.24) is 4.57 Å². The van der Waals surface area contributed by atoms with Crippen LogP contribution in [0.5, 0.6) is 5.75 Å². The standard InChI is InChI=1S/C14H17N3O2/c1-3-19-12-6-4-11(5-7-12)16-14(18)13-8-10(15)9-17(13)2/h4-9H,3,15H2,1-2H3,(H,16,18). The molecule has 0 aliphatic heterocycles. The molecule has 5 heteroatoms. The van der Waals surface area contributed by atoms with Crippen LogP contribution in [0.3, 0.4) is 0 Å². The van der Waals surface area contributed by atoms with E-state index >= 15 is 0 Å². The highest BCUT2D eigenvalue weighted by atomic mass is 16.5. The van der Waals surface area contributed by atoms with Crippen molar-refractivity contribution in [2.75, 3.05) is 17.7 Å². The summed E-state index contributed by atoms with van der Waals surface area (Å²) in [5.74, 6) is 0.590. The Hall–Kier alpha value is -2.43. The summed E-state index contributed by atoms with van der Waals surface area (Å²) in [6.07, 6.45) is 1.70. The van der Waals surface area contributed by atoms with E-state index in [1.54, 1.807) is 36.0 Å². The lowest BCUT2D eigenvalue weighted by Crippen LogP contribution is -2.15. The minimum Gasteiger partial charge on any atom is -0.494 e. The second kappa shape index (κ2) is 5.48. The second-order valence-electron chi connectivity index (χ2n) is 4.18. The Labute approximate surface area is 112 Å². The van der Waals surface area contributed by atoms with E-state index in [1.807, 2.05) is 19.1 Å². The van der Waals surface area contributed by atoms with Crippen LogP contribution in [0.25, 0.3) is 0 Å². The van der Waals surface area contributed by atoms with Crippen LogP contribution < -0.4 is 15.8 Å². The minimum absolute atomic E-state index is 0.191. The molecule has 0 bridgehead atoms. The molecule has 5 nitrogen and oxygen atoms in total. The number of hydrogen-bond acceptors (Lipinski definition) is 3. The zero-order valence-corrected chi connectivity index (χ0v) is 11.0. The molecular formula is C14H17N3O2. The van der Waals surface area contributed by atoms with E-state index in [9.17, 15) is 4.79 Å². The third-order valence-corrected chi connectivity index (χ3v) is 2.68. The zero-order chi connectivity index (χ0) is 13.8. The molecule has 0 aliphatic carbocycles. The van der Waals surface area contributed by atoms with Crippen LogP contribution >= 0.6 is 0 Å². The van der Waals surface area contributed by atoms with E-state index in [-0.39, 0.29) is 5.91 Å². The molecule has 100 valence electrons. The van der Waals surface area contributed by atoms with Crippen molar-refractivity contribution in [2.24, 2.45) is 7.05 Å². The number of benzene rings is 1. The van der Waals surface area contributed by atoms with Gasteiger partial charge in [-0.15, -0.1) is 0 Å². The summed E-state index contributed by atoms with van der Waals surface area (Å²) >= 11 is 0. The van der Waals surface area contributed by atoms with Crippen molar-refractivity contribution in [3.05, 3.63) is 42.2 Å². The summed E-state index contributed by atoms with van der Waals surface area (Å²) in [6.45, 7) is 2.55. The molecule has 1 aromatic heterocycles. The van der Waals surface area contributed by atoms with Gasteiger partial charge in [-0.2, -0.15) is 0 Å². The predicted octanol–water partition coefficient (Wildman–Crippen LogP) is 2.26. The number of rotatable bonds is 4. The SMILES string of the molecule is CCOc1ccc(NC(=O)c2cc(N)cn2C)cc1. The molecule has 0 spiro atoms. The Balaban J connectivity index is 2.08. The van der Waals surface area contributed by atoms with Gasteiger partial charge in [0, 0.05) is 18.9 Å². The molecule has 0 aliphatic rings. The lowest BCUT2D eigenvalue weighted by Gasteiger charge is -2.07. The van der Waals surface area contributed by atoms with Crippen molar-refractivity contribution >= 4 is 17.3 Å². The molecule has 0 unspecified atom stereocenters. The van der Waals surface area contributed by atoms with Crippen LogP contribution in [0.1, 0.15) is 17.4 Å². The van der Waals surface area contributed by atoms with Crippen molar-refractivity contribution in [1.29, 1.82) is 0 Å². The molecule has 2 aromatic rings. The fraction of sp³-hybridized carbons (Fsp3) is 0.214. The van der Waals surface area contributed by atoms with Crippen LogP contribution in [0.4, 0.5) is 11.4 Å². The topological polar surface area (TPSA) is 69.3 Å². The maximum Gasteiger partial charge on any atom is 0.272 e. The first-order valence-electron chi connectivity index (χ1n) is 6.06. The summed E-state index contributed by atoms with van der Waals surface area (Å²) in [5.41, 5.74) is 7.45. The second-order valence-corrected chi connectivity index (χ2v) is 4.18. The van der Waals surface area contributed by atoms with Crippen molar-refractivity contribution in [2.45, 2.75) is 6.92 Å².